The lowest BCUT2D eigenvalue weighted by Gasteiger charge is -2.71. The van der Waals surface area contributed by atoms with Crippen molar-refractivity contribution in [3.8, 4) is 0 Å². The fourth-order valence-electron chi connectivity index (χ4n) is 13.7. The van der Waals surface area contributed by atoms with Gasteiger partial charge in [0.1, 0.15) is 42.7 Å². The van der Waals surface area contributed by atoms with Gasteiger partial charge in [-0.15, -0.1) is 0 Å². The molecule has 14 heteroatoms. The molecule has 0 amide bonds. The third-order valence-electron chi connectivity index (χ3n) is 17.5. The smallest absolute Gasteiger partial charge is 0.310 e. The van der Waals surface area contributed by atoms with Crippen LogP contribution in [0.1, 0.15) is 113 Å². The molecule has 0 bridgehead atoms. The van der Waals surface area contributed by atoms with E-state index in [4.69, 9.17) is 18.9 Å². The number of aliphatic carboxylic acids is 2. The molecular weight excluding hydrogens is 728 g/mol. The summed E-state index contributed by atoms with van der Waals surface area (Å²) < 4.78 is 24.0. The summed E-state index contributed by atoms with van der Waals surface area (Å²) in [5.41, 5.74) is -1.71. The van der Waals surface area contributed by atoms with E-state index in [0.29, 0.717) is 32.1 Å². The highest BCUT2D eigenvalue weighted by molar-refractivity contribution is 5.79. The Balaban J connectivity index is 1.10. The SMILES string of the molecule is CC1OC(OC2C(CO)OC(OC3CCC4(C)C(CCC5(C)C4CC=C4C6CC(C)(C(=O)O)CCC6(C(=O)O)CCC45C)C3(C)C)C(O)C2O)C(O)C(O)C1O. The number of rotatable bonds is 7. The number of carboxylic acid groups (broad SMARTS) is 2. The summed E-state index contributed by atoms with van der Waals surface area (Å²) in [5.74, 6) is -1.50. The van der Waals surface area contributed by atoms with Gasteiger partial charge >= 0.3 is 11.9 Å². The number of aliphatic hydroxyl groups is 6. The molecule has 56 heavy (non-hydrogen) atoms. The second-order valence-corrected chi connectivity index (χ2v) is 20.4. The standard InChI is InChI=1S/C42H66O14/c1-20-27(44)28(45)30(47)33(53-20)56-32-23(19-43)54-34(31(48)29(32)46)55-26-11-12-39(5)24(37(26,2)3)10-13-41(7)25(39)9-8-21-22-18-38(4,35(49)50)14-16-42(22,36(51)52)17-15-40(21,41)6/h8,20,22-34,43-48H,9-19H2,1-7H3,(H,49,50)(H,51,52). The Labute approximate surface area is 329 Å². The van der Waals surface area contributed by atoms with Crippen LogP contribution in [0.3, 0.4) is 0 Å². The largest absolute Gasteiger partial charge is 0.481 e. The number of fused-ring (bicyclic) bond motifs is 7. The van der Waals surface area contributed by atoms with E-state index in [0.717, 1.165) is 37.7 Å². The maximum Gasteiger partial charge on any atom is 0.310 e. The van der Waals surface area contributed by atoms with Crippen molar-refractivity contribution in [2.45, 2.75) is 180 Å². The zero-order chi connectivity index (χ0) is 41.1. The van der Waals surface area contributed by atoms with E-state index in [2.05, 4.69) is 40.7 Å². The fourth-order valence-corrected chi connectivity index (χ4v) is 13.7. The van der Waals surface area contributed by atoms with Crippen molar-refractivity contribution in [2.75, 3.05) is 6.61 Å². The first-order valence-electron chi connectivity index (χ1n) is 20.8. The molecule has 0 aromatic carbocycles. The molecule has 19 atom stereocenters. The summed E-state index contributed by atoms with van der Waals surface area (Å²) in [6.07, 6.45) is -5.58. The van der Waals surface area contributed by atoms with Gasteiger partial charge in [-0.25, -0.2) is 0 Å². The van der Waals surface area contributed by atoms with E-state index in [1.165, 1.54) is 6.92 Å². The Morgan fingerprint density at radius 2 is 1.39 bits per heavy atom. The normalized spacial score (nSPS) is 54.1. The van der Waals surface area contributed by atoms with Gasteiger partial charge in [0, 0.05) is 0 Å². The van der Waals surface area contributed by atoms with E-state index < -0.39 is 96.2 Å². The molecule has 0 radical (unpaired) electrons. The number of carboxylic acids is 2. The lowest BCUT2D eigenvalue weighted by molar-refractivity contribution is -0.366. The Kier molecular flexibility index (Phi) is 10.8. The molecule has 5 aliphatic carbocycles. The summed E-state index contributed by atoms with van der Waals surface area (Å²) in [6.45, 7) is 14.2. The molecule has 318 valence electrons. The number of aliphatic hydroxyl groups excluding tert-OH is 6. The van der Waals surface area contributed by atoms with Crippen molar-refractivity contribution in [3.63, 3.8) is 0 Å². The predicted molar refractivity (Wildman–Crippen MR) is 198 cm³/mol. The van der Waals surface area contributed by atoms with Crippen LogP contribution in [0.5, 0.6) is 0 Å². The summed E-state index contributed by atoms with van der Waals surface area (Å²) >= 11 is 0. The van der Waals surface area contributed by atoms with Crippen LogP contribution in [-0.2, 0) is 28.5 Å². The third-order valence-corrected chi connectivity index (χ3v) is 17.5. The van der Waals surface area contributed by atoms with Gasteiger partial charge in [0.25, 0.3) is 0 Å². The van der Waals surface area contributed by atoms with E-state index in [-0.39, 0.29) is 40.1 Å². The number of hydrogen-bond acceptors (Lipinski definition) is 12. The average molecular weight is 795 g/mol. The maximum atomic E-state index is 13.1. The molecule has 14 nitrogen and oxygen atoms in total. The Morgan fingerprint density at radius 1 is 0.750 bits per heavy atom. The maximum absolute atomic E-state index is 13.1. The van der Waals surface area contributed by atoms with E-state index in [9.17, 15) is 50.4 Å². The topological polar surface area (TPSA) is 233 Å². The van der Waals surface area contributed by atoms with Gasteiger partial charge in [-0.05, 0) is 117 Å². The van der Waals surface area contributed by atoms with Crippen LogP contribution in [-0.4, -0.2) is 127 Å². The van der Waals surface area contributed by atoms with Crippen LogP contribution in [0.15, 0.2) is 11.6 Å². The van der Waals surface area contributed by atoms with Gasteiger partial charge in [-0.2, -0.15) is 0 Å². The summed E-state index contributed by atoms with van der Waals surface area (Å²) in [6, 6.07) is 0. The van der Waals surface area contributed by atoms with Crippen LogP contribution in [0.2, 0.25) is 0 Å². The molecule has 2 saturated heterocycles. The van der Waals surface area contributed by atoms with Crippen LogP contribution < -0.4 is 0 Å². The lowest BCUT2D eigenvalue weighted by Crippen LogP contribution is -2.66. The molecule has 2 aliphatic heterocycles. The molecule has 0 aromatic heterocycles. The van der Waals surface area contributed by atoms with Crippen molar-refractivity contribution in [1.82, 2.24) is 0 Å². The molecule has 0 aromatic rings. The highest BCUT2D eigenvalue weighted by Crippen LogP contribution is 2.76. The zero-order valence-electron chi connectivity index (χ0n) is 34.0. The molecule has 8 N–H and O–H groups in total. The van der Waals surface area contributed by atoms with Crippen LogP contribution in [0, 0.1) is 50.2 Å². The Morgan fingerprint density at radius 3 is 2.04 bits per heavy atom. The fraction of sp³-hybridized carbons (Fsp3) is 0.905. The third kappa shape index (κ3) is 6.01. The summed E-state index contributed by atoms with van der Waals surface area (Å²) in [7, 11) is 0. The zero-order valence-corrected chi connectivity index (χ0v) is 34.0. The molecule has 7 rings (SSSR count). The summed E-state index contributed by atoms with van der Waals surface area (Å²) in [4.78, 5) is 25.6. The van der Waals surface area contributed by atoms with Gasteiger partial charge in [-0.1, -0.05) is 46.3 Å². The van der Waals surface area contributed by atoms with Crippen LogP contribution in [0.4, 0.5) is 0 Å². The van der Waals surface area contributed by atoms with Crippen molar-refractivity contribution >= 4 is 11.9 Å². The van der Waals surface area contributed by atoms with Crippen LogP contribution >= 0.6 is 0 Å². The Bertz CT molecular complexity index is 1570. The predicted octanol–water partition coefficient (Wildman–Crippen LogP) is 2.97. The molecule has 0 spiro atoms. The number of ether oxygens (including phenoxy) is 4. The monoisotopic (exact) mass is 794 g/mol. The molecular formula is C42H66O14. The van der Waals surface area contributed by atoms with Crippen molar-refractivity contribution in [1.29, 1.82) is 0 Å². The van der Waals surface area contributed by atoms with Crippen LogP contribution in [0.25, 0.3) is 0 Å². The first kappa shape index (κ1) is 42.4. The molecule has 2 heterocycles. The van der Waals surface area contributed by atoms with Gasteiger partial charge in [0.15, 0.2) is 12.6 Å². The first-order valence-corrected chi connectivity index (χ1v) is 20.8. The second-order valence-electron chi connectivity index (χ2n) is 20.4. The Hall–Kier alpha value is -1.72. The minimum Gasteiger partial charge on any atom is -0.481 e. The number of allylic oxidation sites excluding steroid dienone is 2. The van der Waals surface area contributed by atoms with Gasteiger partial charge in [-0.3, -0.25) is 9.59 Å². The quantitative estimate of drug-likeness (QED) is 0.137. The molecule has 19 unspecified atom stereocenters. The highest BCUT2D eigenvalue weighted by atomic mass is 16.7. The number of hydrogen-bond donors (Lipinski definition) is 8. The van der Waals surface area contributed by atoms with Gasteiger partial charge in [0.05, 0.1) is 29.6 Å². The second kappa shape index (κ2) is 14.2. The first-order chi connectivity index (χ1) is 26.0. The highest BCUT2D eigenvalue weighted by Gasteiger charge is 2.70. The van der Waals surface area contributed by atoms with E-state index in [1.807, 2.05) is 0 Å². The van der Waals surface area contributed by atoms with Crippen molar-refractivity contribution in [3.05, 3.63) is 11.6 Å². The minimum atomic E-state index is -1.65. The minimum absolute atomic E-state index is 0.112. The van der Waals surface area contributed by atoms with Gasteiger partial charge < -0.3 is 59.8 Å². The van der Waals surface area contributed by atoms with E-state index in [1.54, 1.807) is 6.92 Å². The lowest BCUT2D eigenvalue weighted by atomic mass is 9.33. The average Bonchev–Trinajstić information content (AvgIpc) is 3.13. The number of carbonyl (C=O) groups is 2. The van der Waals surface area contributed by atoms with Crippen molar-refractivity contribution in [2.24, 2.45) is 50.2 Å². The van der Waals surface area contributed by atoms with Gasteiger partial charge in [0.2, 0.25) is 0 Å². The van der Waals surface area contributed by atoms with Crippen molar-refractivity contribution < 1.29 is 69.4 Å². The molecule has 6 fully saturated rings. The van der Waals surface area contributed by atoms with E-state index >= 15 is 0 Å². The molecule has 7 aliphatic rings. The summed E-state index contributed by atoms with van der Waals surface area (Å²) in [5, 5.41) is 84.7. The molecule has 4 saturated carbocycles.